The van der Waals surface area contributed by atoms with E-state index in [1.807, 2.05) is 4.90 Å². The zero-order valence-electron chi connectivity index (χ0n) is 28.3. The van der Waals surface area contributed by atoms with Crippen LogP contribution >= 0.6 is 0 Å². The van der Waals surface area contributed by atoms with E-state index in [9.17, 15) is 43.2 Å². The van der Waals surface area contributed by atoms with Crippen molar-refractivity contribution in [2.75, 3.05) is 39.3 Å². The Labute approximate surface area is 284 Å². The number of nitrogens with zero attached hydrogens (tertiary/aromatic N) is 4. The summed E-state index contributed by atoms with van der Waals surface area (Å²) in [4.78, 5) is 116. The van der Waals surface area contributed by atoms with E-state index in [1.165, 1.54) is 0 Å². The molecule has 0 bridgehead atoms. The fourth-order valence-electron chi connectivity index (χ4n) is 5.91. The Kier molecular flexibility index (Phi) is 13.3. The van der Waals surface area contributed by atoms with E-state index in [0.717, 1.165) is 14.7 Å². The highest BCUT2D eigenvalue weighted by atomic mass is 16.2. The van der Waals surface area contributed by atoms with E-state index >= 15 is 0 Å². The Morgan fingerprint density at radius 2 is 0.796 bits per heavy atom. The molecule has 0 aromatic carbocycles. The zero-order valence-corrected chi connectivity index (χ0v) is 28.3. The summed E-state index contributed by atoms with van der Waals surface area (Å²) in [5.74, 6) is -3.80. The van der Waals surface area contributed by atoms with Gasteiger partial charge in [0.2, 0.25) is 35.4 Å². The van der Waals surface area contributed by atoms with Crippen LogP contribution in [0.3, 0.4) is 0 Å². The lowest BCUT2D eigenvalue weighted by molar-refractivity contribution is -0.142. The summed E-state index contributed by atoms with van der Waals surface area (Å²) in [5.41, 5.74) is 0.552. The average molecular weight is 684 g/mol. The third-order valence-corrected chi connectivity index (χ3v) is 8.48. The van der Waals surface area contributed by atoms with Crippen LogP contribution < -0.4 is 16.0 Å². The number of amides is 9. The van der Waals surface area contributed by atoms with Crippen molar-refractivity contribution in [3.05, 3.63) is 36.5 Å². The van der Waals surface area contributed by atoms with Crippen LogP contribution in [-0.2, 0) is 43.2 Å². The summed E-state index contributed by atoms with van der Waals surface area (Å²) in [6.45, 7) is 17.0. The van der Waals surface area contributed by atoms with Crippen molar-refractivity contribution in [1.29, 1.82) is 0 Å². The van der Waals surface area contributed by atoms with E-state index in [4.69, 9.17) is 0 Å². The smallest absolute Gasteiger partial charge is 0.256 e. The Morgan fingerprint density at radius 1 is 0.551 bits per heavy atom. The van der Waals surface area contributed by atoms with Crippen molar-refractivity contribution in [3.8, 4) is 0 Å². The van der Waals surface area contributed by atoms with E-state index in [2.05, 4.69) is 35.7 Å². The highest BCUT2D eigenvalue weighted by Crippen LogP contribution is 2.23. The summed E-state index contributed by atoms with van der Waals surface area (Å²) < 4.78 is 0. The summed E-state index contributed by atoms with van der Waals surface area (Å²) in [7, 11) is 0. The second-order valence-corrected chi connectivity index (χ2v) is 12.6. The lowest BCUT2D eigenvalue weighted by atomic mass is 10.2. The molecule has 3 rings (SSSR count). The molecule has 3 saturated heterocycles. The van der Waals surface area contributed by atoms with Gasteiger partial charge in [-0.1, -0.05) is 19.7 Å². The van der Waals surface area contributed by atoms with Crippen molar-refractivity contribution in [1.82, 2.24) is 35.6 Å². The molecule has 3 heterocycles. The fraction of sp³-hybridized carbons (Fsp3) is 0.545. The molecule has 16 heteroatoms. The Hall–Kier alpha value is -4.99. The van der Waals surface area contributed by atoms with Crippen LogP contribution in [0.4, 0.5) is 0 Å². The normalized spacial score (nSPS) is 18.6. The maximum atomic E-state index is 12.6. The monoisotopic (exact) mass is 683 g/mol. The van der Waals surface area contributed by atoms with Crippen LogP contribution in [-0.4, -0.2) is 130 Å². The number of hydrogen-bond donors (Lipinski definition) is 3. The number of rotatable bonds is 18. The summed E-state index contributed by atoms with van der Waals surface area (Å²) in [6.07, 6.45) is -0.508. The highest BCUT2D eigenvalue weighted by molar-refractivity contribution is 6.14. The fourth-order valence-corrected chi connectivity index (χ4v) is 5.91. The molecule has 3 unspecified atom stereocenters. The van der Waals surface area contributed by atoms with E-state index < -0.39 is 53.6 Å². The molecule has 0 aromatic rings. The van der Waals surface area contributed by atoms with E-state index in [1.54, 1.807) is 20.8 Å². The van der Waals surface area contributed by atoms with Gasteiger partial charge in [0.25, 0.3) is 17.7 Å². The molecule has 0 aromatic heterocycles. The second kappa shape index (κ2) is 16.9. The lowest BCUT2D eigenvalue weighted by Gasteiger charge is -2.25. The predicted octanol–water partition coefficient (Wildman–Crippen LogP) is -1.08. The maximum absolute atomic E-state index is 12.6. The third-order valence-electron chi connectivity index (χ3n) is 8.48. The molecule has 3 fully saturated rings. The molecule has 9 amide bonds. The van der Waals surface area contributed by atoms with Gasteiger partial charge < -0.3 is 16.0 Å². The molecule has 0 spiro atoms. The summed E-state index contributed by atoms with van der Waals surface area (Å²) in [5, 5.41) is 8.30. The summed E-state index contributed by atoms with van der Waals surface area (Å²) in [6, 6.07) is -1.96. The van der Waals surface area contributed by atoms with Gasteiger partial charge in [-0.3, -0.25) is 62.8 Å². The minimum atomic E-state index is -0.654. The van der Waals surface area contributed by atoms with Gasteiger partial charge in [0.1, 0.15) is 0 Å². The average Bonchev–Trinajstić information content (AvgIpc) is 3.53. The molecule has 0 radical (unpaired) electrons. The quantitative estimate of drug-likeness (QED) is 0.118. The van der Waals surface area contributed by atoms with Crippen LogP contribution in [0.1, 0.15) is 59.3 Å². The minimum Gasteiger partial charge on any atom is -0.355 e. The first kappa shape index (κ1) is 38.5. The van der Waals surface area contributed by atoms with Gasteiger partial charge in [0.05, 0.1) is 19.3 Å². The molecular formula is C33H45N7O9. The Balaban J connectivity index is 1.49. The molecule has 3 atom stereocenters. The van der Waals surface area contributed by atoms with Crippen LogP contribution in [0.25, 0.3) is 0 Å². The van der Waals surface area contributed by atoms with E-state index in [0.29, 0.717) is 19.6 Å². The number of carbonyl (C=O) groups is 9. The maximum Gasteiger partial charge on any atom is 0.256 e. The van der Waals surface area contributed by atoms with Gasteiger partial charge >= 0.3 is 0 Å². The first-order valence-corrected chi connectivity index (χ1v) is 16.2. The van der Waals surface area contributed by atoms with Gasteiger partial charge in [-0.25, -0.2) is 0 Å². The molecule has 0 saturated carbocycles. The Bertz CT molecular complexity index is 1300. The summed E-state index contributed by atoms with van der Waals surface area (Å²) >= 11 is 0. The standard InChI is InChI=1S/C33H45N7O9/c1-19-13-28(44)38(31(19)47)22(4)16-25(41)34-7-10-37(11-8-35-26(42)17-23(5)39-29(45)14-20(2)32(39)48)12-9-36-27(43)18-24(6)40-30(46)15-21(3)33(40)49/h22-24H,1-3,7-18H2,4-6H3,(H,34,41)(H,35,42)(H,36,43). The molecule has 3 N–H and O–H groups in total. The van der Waals surface area contributed by atoms with Gasteiger partial charge in [-0.15, -0.1) is 0 Å². The third kappa shape index (κ3) is 10.0. The molecule has 3 aliphatic rings. The number of nitrogens with one attached hydrogen (secondary N) is 3. The molecule has 16 nitrogen and oxygen atoms in total. The zero-order chi connectivity index (χ0) is 36.6. The largest absolute Gasteiger partial charge is 0.355 e. The van der Waals surface area contributed by atoms with Crippen LogP contribution in [0.2, 0.25) is 0 Å². The first-order chi connectivity index (χ1) is 23.0. The topological polar surface area (TPSA) is 203 Å². The molecular weight excluding hydrogens is 638 g/mol. The Morgan fingerprint density at radius 3 is 1.00 bits per heavy atom. The van der Waals surface area contributed by atoms with Gasteiger partial charge in [0, 0.05) is 93.4 Å². The van der Waals surface area contributed by atoms with Crippen molar-refractivity contribution < 1.29 is 43.2 Å². The number of hydrogen-bond acceptors (Lipinski definition) is 10. The second-order valence-electron chi connectivity index (χ2n) is 12.6. The van der Waals surface area contributed by atoms with Crippen LogP contribution in [0.15, 0.2) is 36.5 Å². The van der Waals surface area contributed by atoms with Crippen molar-refractivity contribution in [2.24, 2.45) is 0 Å². The van der Waals surface area contributed by atoms with Crippen molar-refractivity contribution in [2.45, 2.75) is 77.4 Å². The van der Waals surface area contributed by atoms with Crippen LogP contribution in [0.5, 0.6) is 0 Å². The molecule has 0 aliphatic carbocycles. The number of likely N-dealkylation sites (tertiary alicyclic amines) is 3. The molecule has 266 valence electrons. The molecule has 3 aliphatic heterocycles. The van der Waals surface area contributed by atoms with Crippen molar-refractivity contribution >= 4 is 53.2 Å². The number of imide groups is 3. The van der Waals surface area contributed by atoms with Crippen molar-refractivity contribution in [3.63, 3.8) is 0 Å². The highest BCUT2D eigenvalue weighted by Gasteiger charge is 2.38. The predicted molar refractivity (Wildman–Crippen MR) is 175 cm³/mol. The minimum absolute atomic E-state index is 0.0703. The molecule has 49 heavy (non-hydrogen) atoms. The van der Waals surface area contributed by atoms with Crippen LogP contribution in [0, 0.1) is 0 Å². The van der Waals surface area contributed by atoms with Gasteiger partial charge in [0.15, 0.2) is 0 Å². The lowest BCUT2D eigenvalue weighted by Crippen LogP contribution is -2.45. The van der Waals surface area contributed by atoms with E-state index in [-0.39, 0.29) is 92.6 Å². The van der Waals surface area contributed by atoms with Gasteiger partial charge in [-0.05, 0) is 20.8 Å². The SMILES string of the molecule is C=C1CC(=O)N(C(C)CC(=O)NCCN(CCNC(=O)CC(C)N2C(=O)CC(=C)C2=O)CCNC(=O)CC(C)N2C(=O)CC(=C)C2=O)C1=O. The number of carbonyl (C=O) groups excluding carboxylic acids is 9. The van der Waals surface area contributed by atoms with Gasteiger partial charge in [-0.2, -0.15) is 0 Å². The first-order valence-electron chi connectivity index (χ1n) is 16.2.